The van der Waals surface area contributed by atoms with Crippen molar-refractivity contribution in [3.63, 3.8) is 0 Å². The number of anilines is 1. The molecule has 6 nitrogen and oxygen atoms in total. The lowest BCUT2D eigenvalue weighted by molar-refractivity contribution is -0.118. The quantitative estimate of drug-likeness (QED) is 0.679. The van der Waals surface area contributed by atoms with E-state index in [1.54, 1.807) is 31.4 Å². The number of hydrogen-bond donors (Lipinski definition) is 3. The van der Waals surface area contributed by atoms with Gasteiger partial charge in [-0.2, -0.15) is 0 Å². The van der Waals surface area contributed by atoms with Gasteiger partial charge in [0.25, 0.3) is 0 Å². The molecule has 4 N–H and O–H groups in total. The fourth-order valence-electron chi connectivity index (χ4n) is 2.63. The Morgan fingerprint density at radius 3 is 2.19 bits per heavy atom. The largest absolute Gasteiger partial charge is 0.497 e. The van der Waals surface area contributed by atoms with Gasteiger partial charge in [-0.15, -0.1) is 0 Å². The van der Waals surface area contributed by atoms with Gasteiger partial charge in [-0.1, -0.05) is 19.1 Å². The van der Waals surface area contributed by atoms with Crippen LogP contribution in [-0.4, -0.2) is 25.0 Å². The van der Waals surface area contributed by atoms with Crippen LogP contribution in [0.3, 0.4) is 0 Å². The van der Waals surface area contributed by atoms with E-state index < -0.39 is 11.9 Å². The zero-order chi connectivity index (χ0) is 19.1. The zero-order valence-corrected chi connectivity index (χ0v) is 15.3. The molecular formula is C20H25N3O3. The second kappa shape index (κ2) is 9.01. The van der Waals surface area contributed by atoms with E-state index in [4.69, 9.17) is 10.5 Å². The van der Waals surface area contributed by atoms with Gasteiger partial charge in [0, 0.05) is 17.3 Å². The van der Waals surface area contributed by atoms with Gasteiger partial charge in [0.05, 0.1) is 13.2 Å². The molecule has 2 aromatic rings. The number of amides is 2. The van der Waals surface area contributed by atoms with Gasteiger partial charge in [0.15, 0.2) is 0 Å². The summed E-state index contributed by atoms with van der Waals surface area (Å²) in [4.78, 5) is 23.5. The Morgan fingerprint density at radius 2 is 1.69 bits per heavy atom. The minimum absolute atomic E-state index is 0.0545. The predicted octanol–water partition coefficient (Wildman–Crippen LogP) is 2.86. The Labute approximate surface area is 153 Å². The first-order valence-electron chi connectivity index (χ1n) is 8.55. The van der Waals surface area contributed by atoms with Crippen LogP contribution < -0.4 is 21.1 Å². The Morgan fingerprint density at radius 1 is 1.08 bits per heavy atom. The highest BCUT2D eigenvalue weighted by molar-refractivity contribution is 5.96. The standard InChI is InChI=1S/C20H25N3O3/c1-4-18(14-7-11-17(26-3)12-8-14)22-13(2)20(25)23-16-9-5-15(6-10-16)19(21)24/h5-13,18,22H,4H2,1-3H3,(H2,21,24)(H,23,25)/t13-,18+/m0/s1. The molecule has 2 aromatic carbocycles. The molecule has 0 unspecified atom stereocenters. The van der Waals surface area contributed by atoms with Crippen LogP contribution in [0.1, 0.15) is 42.2 Å². The summed E-state index contributed by atoms with van der Waals surface area (Å²) in [6, 6.07) is 14.0. The molecule has 0 radical (unpaired) electrons. The fraction of sp³-hybridized carbons (Fsp3) is 0.300. The molecular weight excluding hydrogens is 330 g/mol. The summed E-state index contributed by atoms with van der Waals surface area (Å²) >= 11 is 0. The molecule has 0 heterocycles. The summed E-state index contributed by atoms with van der Waals surface area (Å²) in [6.07, 6.45) is 0.845. The van der Waals surface area contributed by atoms with Crippen LogP contribution in [0.4, 0.5) is 5.69 Å². The molecule has 0 fully saturated rings. The summed E-state index contributed by atoms with van der Waals surface area (Å²) in [5.41, 5.74) is 7.33. The van der Waals surface area contributed by atoms with Crippen molar-refractivity contribution in [1.29, 1.82) is 0 Å². The van der Waals surface area contributed by atoms with Crippen LogP contribution in [0.5, 0.6) is 5.75 Å². The van der Waals surface area contributed by atoms with Crippen molar-refractivity contribution in [2.75, 3.05) is 12.4 Å². The van der Waals surface area contributed by atoms with Crippen molar-refractivity contribution in [3.05, 3.63) is 59.7 Å². The van der Waals surface area contributed by atoms with Gasteiger partial charge in [-0.25, -0.2) is 0 Å². The van der Waals surface area contributed by atoms with Crippen LogP contribution in [0.2, 0.25) is 0 Å². The van der Waals surface area contributed by atoms with E-state index in [1.807, 2.05) is 31.2 Å². The average Bonchev–Trinajstić information content (AvgIpc) is 2.66. The number of benzene rings is 2. The van der Waals surface area contributed by atoms with Gasteiger partial charge >= 0.3 is 0 Å². The molecule has 26 heavy (non-hydrogen) atoms. The maximum Gasteiger partial charge on any atom is 0.248 e. The first-order valence-corrected chi connectivity index (χ1v) is 8.55. The molecule has 0 saturated heterocycles. The predicted molar refractivity (Wildman–Crippen MR) is 102 cm³/mol. The summed E-state index contributed by atoms with van der Waals surface area (Å²) in [5, 5.41) is 6.18. The topological polar surface area (TPSA) is 93.5 Å². The molecule has 0 aliphatic heterocycles. The molecule has 138 valence electrons. The molecule has 0 saturated carbocycles. The zero-order valence-electron chi connectivity index (χ0n) is 15.3. The number of carbonyl (C=O) groups excluding carboxylic acids is 2. The van der Waals surface area contributed by atoms with Gasteiger partial charge in [-0.3, -0.25) is 14.9 Å². The Bertz CT molecular complexity index is 742. The molecule has 2 amide bonds. The third kappa shape index (κ3) is 5.07. The molecule has 0 aliphatic carbocycles. The number of ether oxygens (including phenoxy) is 1. The van der Waals surface area contributed by atoms with E-state index in [9.17, 15) is 9.59 Å². The molecule has 0 aliphatic rings. The number of carbonyl (C=O) groups is 2. The Kier molecular flexibility index (Phi) is 6.74. The van der Waals surface area contributed by atoms with Crippen LogP contribution in [0.15, 0.2) is 48.5 Å². The number of hydrogen-bond acceptors (Lipinski definition) is 4. The Balaban J connectivity index is 1.98. The lowest BCUT2D eigenvalue weighted by Gasteiger charge is -2.22. The van der Waals surface area contributed by atoms with Crippen LogP contribution in [0, 0.1) is 0 Å². The number of nitrogens with two attached hydrogens (primary N) is 1. The normalized spacial score (nSPS) is 12.9. The minimum atomic E-state index is -0.497. The summed E-state index contributed by atoms with van der Waals surface area (Å²) < 4.78 is 5.18. The van der Waals surface area contributed by atoms with Crippen LogP contribution in [0.25, 0.3) is 0 Å². The molecule has 0 bridgehead atoms. The molecule has 6 heteroatoms. The number of rotatable bonds is 8. The van der Waals surface area contributed by atoms with Gasteiger partial charge in [0.1, 0.15) is 5.75 Å². The summed E-state index contributed by atoms with van der Waals surface area (Å²) in [7, 11) is 1.63. The lowest BCUT2D eigenvalue weighted by Crippen LogP contribution is -2.40. The monoisotopic (exact) mass is 355 g/mol. The first-order chi connectivity index (χ1) is 12.4. The molecule has 2 rings (SSSR count). The average molecular weight is 355 g/mol. The van der Waals surface area contributed by atoms with E-state index in [0.717, 1.165) is 17.7 Å². The fourth-order valence-corrected chi connectivity index (χ4v) is 2.63. The third-order valence-electron chi connectivity index (χ3n) is 4.21. The maximum absolute atomic E-state index is 12.4. The van der Waals surface area contributed by atoms with Crippen molar-refractivity contribution in [2.45, 2.75) is 32.4 Å². The maximum atomic E-state index is 12.4. The SMILES string of the molecule is CC[C@@H](N[C@@H](C)C(=O)Nc1ccc(C(N)=O)cc1)c1ccc(OC)cc1. The minimum Gasteiger partial charge on any atom is -0.497 e. The highest BCUT2D eigenvalue weighted by atomic mass is 16.5. The molecule has 0 spiro atoms. The van der Waals surface area contributed by atoms with Gasteiger partial charge in [-0.05, 0) is 55.3 Å². The van der Waals surface area contributed by atoms with E-state index in [2.05, 4.69) is 17.6 Å². The third-order valence-corrected chi connectivity index (χ3v) is 4.21. The first kappa shape index (κ1) is 19.5. The van der Waals surface area contributed by atoms with Gasteiger partial charge < -0.3 is 15.8 Å². The highest BCUT2D eigenvalue weighted by Gasteiger charge is 2.18. The summed E-state index contributed by atoms with van der Waals surface area (Å²) in [5.74, 6) is 0.153. The summed E-state index contributed by atoms with van der Waals surface area (Å²) in [6.45, 7) is 3.88. The van der Waals surface area contributed by atoms with E-state index in [1.165, 1.54) is 0 Å². The van der Waals surface area contributed by atoms with E-state index in [-0.39, 0.29) is 11.9 Å². The van der Waals surface area contributed by atoms with Crippen molar-refractivity contribution in [1.82, 2.24) is 5.32 Å². The van der Waals surface area contributed by atoms with E-state index in [0.29, 0.717) is 11.3 Å². The number of methoxy groups -OCH3 is 1. The number of nitrogens with one attached hydrogen (secondary N) is 2. The number of primary amides is 1. The second-order valence-corrected chi connectivity index (χ2v) is 6.05. The van der Waals surface area contributed by atoms with Gasteiger partial charge in [0.2, 0.25) is 11.8 Å². The molecule has 2 atom stereocenters. The molecule has 0 aromatic heterocycles. The second-order valence-electron chi connectivity index (χ2n) is 6.05. The van der Waals surface area contributed by atoms with E-state index >= 15 is 0 Å². The van der Waals surface area contributed by atoms with Crippen LogP contribution in [-0.2, 0) is 4.79 Å². The lowest BCUT2D eigenvalue weighted by atomic mass is 10.0. The van der Waals surface area contributed by atoms with Crippen LogP contribution >= 0.6 is 0 Å². The van der Waals surface area contributed by atoms with Crippen molar-refractivity contribution in [2.24, 2.45) is 5.73 Å². The van der Waals surface area contributed by atoms with Crippen molar-refractivity contribution < 1.29 is 14.3 Å². The highest BCUT2D eigenvalue weighted by Crippen LogP contribution is 2.21. The van der Waals surface area contributed by atoms with Crippen molar-refractivity contribution in [3.8, 4) is 5.75 Å². The smallest absolute Gasteiger partial charge is 0.248 e. The Hall–Kier alpha value is -2.86. The van der Waals surface area contributed by atoms with Crippen molar-refractivity contribution >= 4 is 17.5 Å².